The van der Waals surface area contributed by atoms with Crippen molar-refractivity contribution in [1.29, 1.82) is 0 Å². The van der Waals surface area contributed by atoms with Crippen LogP contribution in [0.2, 0.25) is 0 Å². The van der Waals surface area contributed by atoms with Gasteiger partial charge in [-0.2, -0.15) is 0 Å². The fraction of sp³-hybridized carbons (Fsp3) is 0.944. The molecule has 0 aromatic rings. The third-order valence-electron chi connectivity index (χ3n) is 3.68. The molecule has 0 rings (SSSR count). The molecule has 0 unspecified atom stereocenters. The predicted molar refractivity (Wildman–Crippen MR) is 95.7 cm³/mol. The van der Waals surface area contributed by atoms with Crippen molar-refractivity contribution in [1.82, 2.24) is 0 Å². The van der Waals surface area contributed by atoms with Gasteiger partial charge in [-0.3, -0.25) is 4.79 Å². The van der Waals surface area contributed by atoms with Crippen LogP contribution in [0.1, 0.15) is 90.9 Å². The van der Waals surface area contributed by atoms with Crippen LogP contribution in [-0.4, -0.2) is 55.3 Å². The first-order valence-electron chi connectivity index (χ1n) is 8.98. The molecule has 0 aromatic heterocycles. The summed E-state index contributed by atoms with van der Waals surface area (Å²) < 4.78 is 10.2. The maximum absolute atomic E-state index is 10.5. The van der Waals surface area contributed by atoms with Crippen LogP contribution in [0.3, 0.4) is 0 Å². The SMILES string of the molecule is CCCCCCCCCCCCCCOCCOC(C)=O.[NaH]. The summed E-state index contributed by atoms with van der Waals surface area (Å²) in [4.78, 5) is 10.5. The summed E-state index contributed by atoms with van der Waals surface area (Å²) in [6, 6.07) is 0. The second kappa shape index (κ2) is 21.4. The summed E-state index contributed by atoms with van der Waals surface area (Å²) in [5.41, 5.74) is 0. The Morgan fingerprint density at radius 1 is 0.682 bits per heavy atom. The molecular formula is C18H37NaO3. The van der Waals surface area contributed by atoms with E-state index in [2.05, 4.69) is 6.92 Å². The van der Waals surface area contributed by atoms with Crippen LogP contribution >= 0.6 is 0 Å². The number of hydrogen-bond donors (Lipinski definition) is 0. The van der Waals surface area contributed by atoms with Gasteiger partial charge in [-0.05, 0) is 6.42 Å². The van der Waals surface area contributed by atoms with E-state index in [1.807, 2.05) is 0 Å². The third kappa shape index (κ3) is 22.7. The molecule has 0 bridgehead atoms. The van der Waals surface area contributed by atoms with Crippen LogP contribution in [0.25, 0.3) is 0 Å². The Morgan fingerprint density at radius 2 is 1.14 bits per heavy atom. The van der Waals surface area contributed by atoms with Gasteiger partial charge in [0.15, 0.2) is 0 Å². The second-order valence-corrected chi connectivity index (χ2v) is 5.84. The monoisotopic (exact) mass is 324 g/mol. The molecule has 0 atom stereocenters. The van der Waals surface area contributed by atoms with E-state index >= 15 is 0 Å². The fourth-order valence-electron chi connectivity index (χ4n) is 2.39. The number of esters is 1. The predicted octanol–water partition coefficient (Wildman–Crippen LogP) is 4.62. The summed E-state index contributed by atoms with van der Waals surface area (Å²) in [6.07, 6.45) is 16.3. The molecule has 128 valence electrons. The van der Waals surface area contributed by atoms with Gasteiger partial charge in [0.1, 0.15) is 6.61 Å². The summed E-state index contributed by atoms with van der Waals surface area (Å²) in [7, 11) is 0. The van der Waals surface area contributed by atoms with Gasteiger partial charge < -0.3 is 9.47 Å². The van der Waals surface area contributed by atoms with Crippen molar-refractivity contribution in [2.75, 3.05) is 19.8 Å². The van der Waals surface area contributed by atoms with Crippen LogP contribution < -0.4 is 0 Å². The van der Waals surface area contributed by atoms with Gasteiger partial charge in [-0.25, -0.2) is 0 Å². The Bertz CT molecular complexity index is 222. The molecule has 0 radical (unpaired) electrons. The molecule has 0 saturated heterocycles. The molecule has 4 heteroatoms. The zero-order valence-corrected chi connectivity index (χ0v) is 14.3. The average Bonchev–Trinajstić information content (AvgIpc) is 2.46. The van der Waals surface area contributed by atoms with Crippen molar-refractivity contribution in [2.24, 2.45) is 0 Å². The van der Waals surface area contributed by atoms with Gasteiger partial charge in [0.05, 0.1) is 6.61 Å². The van der Waals surface area contributed by atoms with Gasteiger partial charge in [-0.1, -0.05) is 77.6 Å². The first kappa shape index (κ1) is 24.7. The minimum atomic E-state index is -0.232. The first-order chi connectivity index (χ1) is 10.3. The number of ether oxygens (including phenoxy) is 2. The molecule has 0 N–H and O–H groups in total. The number of hydrogen-bond acceptors (Lipinski definition) is 3. The maximum atomic E-state index is 10.5. The standard InChI is InChI=1S/C18H36O3.Na.H/c1-3-4-5-6-7-8-9-10-11-12-13-14-15-20-16-17-21-18(2)19;;/h3-17H2,1-2H3;;. The van der Waals surface area contributed by atoms with E-state index < -0.39 is 0 Å². The zero-order chi connectivity index (χ0) is 15.6. The minimum absolute atomic E-state index is 0. The summed E-state index contributed by atoms with van der Waals surface area (Å²) in [5.74, 6) is -0.232. The van der Waals surface area contributed by atoms with E-state index in [0.717, 1.165) is 13.0 Å². The van der Waals surface area contributed by atoms with Gasteiger partial charge >= 0.3 is 35.5 Å². The summed E-state index contributed by atoms with van der Waals surface area (Å²) in [6.45, 7) is 5.39. The molecule has 0 heterocycles. The van der Waals surface area contributed by atoms with Crippen LogP contribution in [0.5, 0.6) is 0 Å². The zero-order valence-electron chi connectivity index (χ0n) is 14.3. The van der Waals surface area contributed by atoms with Gasteiger partial charge in [-0.15, -0.1) is 0 Å². The Morgan fingerprint density at radius 3 is 1.59 bits per heavy atom. The third-order valence-corrected chi connectivity index (χ3v) is 3.68. The van der Waals surface area contributed by atoms with Crippen molar-refractivity contribution in [3.8, 4) is 0 Å². The number of carbonyl (C=O) groups excluding carboxylic acids is 1. The number of rotatable bonds is 16. The molecule has 0 saturated carbocycles. The molecule has 22 heavy (non-hydrogen) atoms. The van der Waals surface area contributed by atoms with Crippen molar-refractivity contribution in [2.45, 2.75) is 90.9 Å². The van der Waals surface area contributed by atoms with Crippen LogP contribution in [-0.2, 0) is 14.3 Å². The summed E-state index contributed by atoms with van der Waals surface area (Å²) >= 11 is 0. The number of unbranched alkanes of at least 4 members (excludes halogenated alkanes) is 11. The van der Waals surface area contributed by atoms with Crippen molar-refractivity contribution in [3.05, 3.63) is 0 Å². The first-order valence-corrected chi connectivity index (χ1v) is 8.98. The molecule has 3 nitrogen and oxygen atoms in total. The molecular weight excluding hydrogens is 287 g/mol. The van der Waals surface area contributed by atoms with Gasteiger partial charge in [0.25, 0.3) is 0 Å². The Labute approximate surface area is 160 Å². The van der Waals surface area contributed by atoms with Crippen LogP contribution in [0, 0.1) is 0 Å². The molecule has 0 aliphatic carbocycles. The van der Waals surface area contributed by atoms with E-state index in [0.29, 0.717) is 13.2 Å². The van der Waals surface area contributed by atoms with Crippen LogP contribution in [0.4, 0.5) is 0 Å². The Balaban J connectivity index is 0. The molecule has 0 aromatic carbocycles. The second-order valence-electron chi connectivity index (χ2n) is 5.84. The number of carbonyl (C=O) groups is 1. The Hall–Kier alpha value is 0.430. The molecule has 0 fully saturated rings. The summed E-state index contributed by atoms with van der Waals surface area (Å²) in [5, 5.41) is 0. The molecule has 0 amide bonds. The van der Waals surface area contributed by atoms with Gasteiger partial charge in [0.2, 0.25) is 0 Å². The van der Waals surface area contributed by atoms with E-state index in [1.54, 1.807) is 0 Å². The van der Waals surface area contributed by atoms with Crippen molar-refractivity contribution >= 4 is 35.5 Å². The quantitative estimate of drug-likeness (QED) is 0.236. The van der Waals surface area contributed by atoms with Crippen LogP contribution in [0.15, 0.2) is 0 Å². The molecule has 0 aliphatic heterocycles. The Kier molecular flexibility index (Phi) is 24.0. The van der Waals surface area contributed by atoms with E-state index in [-0.39, 0.29) is 35.5 Å². The van der Waals surface area contributed by atoms with Crippen molar-refractivity contribution in [3.63, 3.8) is 0 Å². The van der Waals surface area contributed by atoms with E-state index in [4.69, 9.17) is 9.47 Å². The van der Waals surface area contributed by atoms with E-state index in [1.165, 1.54) is 77.6 Å². The normalized spacial score (nSPS) is 10.3. The molecule has 0 spiro atoms. The van der Waals surface area contributed by atoms with Gasteiger partial charge in [0, 0.05) is 13.5 Å². The molecule has 0 aliphatic rings. The van der Waals surface area contributed by atoms with Crippen molar-refractivity contribution < 1.29 is 14.3 Å². The van der Waals surface area contributed by atoms with E-state index in [9.17, 15) is 4.79 Å². The topological polar surface area (TPSA) is 35.5 Å². The average molecular weight is 324 g/mol. The fourth-order valence-corrected chi connectivity index (χ4v) is 2.39.